The molecule has 0 atom stereocenters. The Kier molecular flexibility index (Phi) is 16.0. The molecule has 104 valence electrons. The Morgan fingerprint density at radius 2 is 0.588 bits per heavy atom. The third kappa shape index (κ3) is 16.0. The Labute approximate surface area is 111 Å². The fraction of sp³-hybridized carbons (Fsp3) is 1.00. The molecule has 0 radical (unpaired) electrons. The van der Waals surface area contributed by atoms with Crippen molar-refractivity contribution in [3.8, 4) is 0 Å². The monoisotopic (exact) mass is 240 g/mol. The average Bonchev–Trinajstić information content (AvgIpc) is 2.98. The lowest BCUT2D eigenvalue weighted by Crippen LogP contribution is -1.85. The molecule has 2 aliphatic carbocycles. The van der Waals surface area contributed by atoms with E-state index in [2.05, 4.69) is 13.8 Å². The first-order chi connectivity index (χ1) is 8.41. The smallest absolute Gasteiger partial charge is 0.0533 e. The summed E-state index contributed by atoms with van der Waals surface area (Å²) in [6, 6.07) is 0. The molecule has 0 heterocycles. The van der Waals surface area contributed by atoms with E-state index < -0.39 is 0 Å². The first kappa shape index (κ1) is 17.0. The molecular weight excluding hydrogens is 204 g/mol. The molecule has 0 aromatic rings. The van der Waals surface area contributed by atoms with Gasteiger partial charge in [0.05, 0.1) is 0 Å². The summed E-state index contributed by atoms with van der Waals surface area (Å²) >= 11 is 0. The Balaban J connectivity index is 0.000000227. The summed E-state index contributed by atoms with van der Waals surface area (Å²) in [7, 11) is 0. The summed E-state index contributed by atoms with van der Waals surface area (Å²) in [5, 5.41) is 0. The maximum absolute atomic E-state index is 2.23. The normalized spacial score (nSPS) is 18.7. The molecule has 0 aliphatic heterocycles. The number of unbranched alkanes of at least 4 members (excludes halogenated alkanes) is 3. The average molecular weight is 240 g/mol. The Hall–Kier alpha value is 0. The molecule has 2 aliphatic rings. The van der Waals surface area contributed by atoms with Crippen LogP contribution in [0.25, 0.3) is 0 Å². The van der Waals surface area contributed by atoms with Crippen LogP contribution in [0.2, 0.25) is 0 Å². The van der Waals surface area contributed by atoms with Crippen LogP contribution >= 0.6 is 0 Å². The summed E-state index contributed by atoms with van der Waals surface area (Å²) in [5.41, 5.74) is 0. The second-order valence-corrected chi connectivity index (χ2v) is 5.60. The molecule has 2 saturated carbocycles. The molecule has 0 aromatic carbocycles. The highest BCUT2D eigenvalue weighted by molar-refractivity contribution is 4.51. The summed E-state index contributed by atoms with van der Waals surface area (Å²) in [6.07, 6.45) is 22.0. The van der Waals surface area contributed by atoms with Crippen molar-refractivity contribution in [2.45, 2.75) is 110 Å². The van der Waals surface area contributed by atoms with Crippen LogP contribution in [0, 0.1) is 0 Å². The van der Waals surface area contributed by atoms with Crippen molar-refractivity contribution in [3.63, 3.8) is 0 Å². The first-order valence-corrected chi connectivity index (χ1v) is 8.41. The third-order valence-electron chi connectivity index (χ3n) is 3.71. The van der Waals surface area contributed by atoms with Crippen LogP contribution in [0.15, 0.2) is 0 Å². The maximum atomic E-state index is 2.23. The predicted octanol–water partition coefficient (Wildman–Crippen LogP) is 6.88. The van der Waals surface area contributed by atoms with Gasteiger partial charge in [0, 0.05) is 0 Å². The van der Waals surface area contributed by atoms with Crippen LogP contribution in [0.4, 0.5) is 0 Å². The molecule has 0 bridgehead atoms. The largest absolute Gasteiger partial charge is 0.0654 e. The van der Waals surface area contributed by atoms with E-state index in [4.69, 9.17) is 0 Å². The van der Waals surface area contributed by atoms with Crippen LogP contribution in [-0.4, -0.2) is 0 Å². The topological polar surface area (TPSA) is 0 Å². The van der Waals surface area contributed by atoms with Crippen LogP contribution in [0.1, 0.15) is 110 Å². The van der Waals surface area contributed by atoms with Crippen molar-refractivity contribution < 1.29 is 0 Å². The zero-order chi connectivity index (χ0) is 12.6. The molecule has 17 heavy (non-hydrogen) atoms. The van der Waals surface area contributed by atoms with Gasteiger partial charge in [-0.05, 0) is 0 Å². The molecule has 0 spiro atoms. The van der Waals surface area contributed by atoms with Gasteiger partial charge >= 0.3 is 0 Å². The standard InChI is InChI=1S/C6H12.C6H14.C5H10/c1-2-4-6-5-3-1;1-3-5-6-4-2;1-2-4-5-3-1/h1-6H2;3-6H2,1-2H3;1-5H2. The SMILES string of the molecule is C1CCCC1.C1CCCCC1.CCCCCC. The summed E-state index contributed by atoms with van der Waals surface area (Å²) in [4.78, 5) is 0. The summed E-state index contributed by atoms with van der Waals surface area (Å²) in [5.74, 6) is 0. The molecule has 0 amide bonds. The molecule has 0 saturated heterocycles. The number of hydrogen-bond donors (Lipinski definition) is 0. The Morgan fingerprint density at radius 3 is 0.706 bits per heavy atom. The van der Waals surface area contributed by atoms with Gasteiger partial charge in [-0.3, -0.25) is 0 Å². The van der Waals surface area contributed by atoms with Crippen molar-refractivity contribution in [1.82, 2.24) is 0 Å². The van der Waals surface area contributed by atoms with Gasteiger partial charge < -0.3 is 0 Å². The van der Waals surface area contributed by atoms with Gasteiger partial charge in [0.2, 0.25) is 0 Å². The minimum absolute atomic E-state index is 1.36. The molecular formula is C17H36. The van der Waals surface area contributed by atoms with E-state index in [-0.39, 0.29) is 0 Å². The second kappa shape index (κ2) is 16.0. The van der Waals surface area contributed by atoms with Crippen LogP contribution in [0.5, 0.6) is 0 Å². The fourth-order valence-electron chi connectivity index (χ4n) is 2.44. The molecule has 0 nitrogen and oxygen atoms in total. The Morgan fingerprint density at radius 1 is 0.412 bits per heavy atom. The van der Waals surface area contributed by atoms with Gasteiger partial charge in [0.1, 0.15) is 0 Å². The number of hydrogen-bond acceptors (Lipinski definition) is 0. The van der Waals surface area contributed by atoms with Crippen LogP contribution < -0.4 is 0 Å². The minimum Gasteiger partial charge on any atom is -0.0654 e. The summed E-state index contributed by atoms with van der Waals surface area (Å²) in [6.45, 7) is 4.46. The minimum atomic E-state index is 1.36. The van der Waals surface area contributed by atoms with E-state index in [0.29, 0.717) is 0 Å². The predicted molar refractivity (Wildman–Crippen MR) is 80.6 cm³/mol. The Bertz CT molecular complexity index is 86.1. The van der Waals surface area contributed by atoms with Gasteiger partial charge in [-0.1, -0.05) is 110 Å². The highest BCUT2D eigenvalue weighted by Gasteiger charge is 1.95. The van der Waals surface area contributed by atoms with E-state index in [0.717, 1.165) is 0 Å². The fourth-order valence-corrected chi connectivity index (χ4v) is 2.44. The van der Waals surface area contributed by atoms with Gasteiger partial charge in [-0.25, -0.2) is 0 Å². The highest BCUT2D eigenvalue weighted by atomic mass is 14.0. The lowest BCUT2D eigenvalue weighted by Gasteiger charge is -2.05. The lowest BCUT2D eigenvalue weighted by molar-refractivity contribution is 0.504. The molecule has 2 fully saturated rings. The summed E-state index contributed by atoms with van der Waals surface area (Å²) < 4.78 is 0. The third-order valence-corrected chi connectivity index (χ3v) is 3.71. The van der Waals surface area contributed by atoms with Gasteiger partial charge in [0.25, 0.3) is 0 Å². The molecule has 0 aromatic heterocycles. The molecule has 0 N–H and O–H groups in total. The zero-order valence-electron chi connectivity index (χ0n) is 12.6. The van der Waals surface area contributed by atoms with Crippen molar-refractivity contribution in [2.75, 3.05) is 0 Å². The lowest BCUT2D eigenvalue weighted by atomic mass is 10.0. The van der Waals surface area contributed by atoms with Crippen molar-refractivity contribution >= 4 is 0 Å². The van der Waals surface area contributed by atoms with E-state index in [1.54, 1.807) is 0 Å². The first-order valence-electron chi connectivity index (χ1n) is 8.41. The van der Waals surface area contributed by atoms with Gasteiger partial charge in [-0.2, -0.15) is 0 Å². The quantitative estimate of drug-likeness (QED) is 0.472. The van der Waals surface area contributed by atoms with E-state index in [1.165, 1.54) is 96.3 Å². The van der Waals surface area contributed by atoms with Crippen molar-refractivity contribution in [2.24, 2.45) is 0 Å². The highest BCUT2D eigenvalue weighted by Crippen LogP contribution is 2.15. The van der Waals surface area contributed by atoms with Gasteiger partial charge in [0.15, 0.2) is 0 Å². The van der Waals surface area contributed by atoms with Crippen LogP contribution in [-0.2, 0) is 0 Å². The maximum Gasteiger partial charge on any atom is -0.0533 e. The van der Waals surface area contributed by atoms with E-state index in [9.17, 15) is 0 Å². The van der Waals surface area contributed by atoms with Crippen LogP contribution in [0.3, 0.4) is 0 Å². The van der Waals surface area contributed by atoms with Crippen molar-refractivity contribution in [1.29, 1.82) is 0 Å². The van der Waals surface area contributed by atoms with Gasteiger partial charge in [-0.15, -0.1) is 0 Å². The van der Waals surface area contributed by atoms with E-state index >= 15 is 0 Å². The van der Waals surface area contributed by atoms with Crippen molar-refractivity contribution in [3.05, 3.63) is 0 Å². The van der Waals surface area contributed by atoms with E-state index in [1.807, 2.05) is 0 Å². The second-order valence-electron chi connectivity index (χ2n) is 5.60. The number of rotatable bonds is 3. The molecule has 0 unspecified atom stereocenters. The molecule has 0 heteroatoms. The zero-order valence-corrected chi connectivity index (χ0v) is 12.6. The molecule has 2 rings (SSSR count).